The predicted molar refractivity (Wildman–Crippen MR) is 160 cm³/mol. The van der Waals surface area contributed by atoms with Gasteiger partial charge >= 0.3 is 24.3 Å². The van der Waals surface area contributed by atoms with E-state index in [1.165, 1.54) is 42.5 Å². The first-order valence-electron chi connectivity index (χ1n) is 15.0. The summed E-state index contributed by atoms with van der Waals surface area (Å²) in [7, 11) is 1.57. The van der Waals surface area contributed by atoms with E-state index in [0.717, 1.165) is 38.5 Å². The molecule has 0 N–H and O–H groups in total. The summed E-state index contributed by atoms with van der Waals surface area (Å²) in [4.78, 5) is 26.9. The molecule has 0 heterocycles. The smallest absolute Gasteiger partial charge is 0.432 e. The minimum atomic E-state index is -5.17. The van der Waals surface area contributed by atoms with Crippen LogP contribution in [0.1, 0.15) is 51.2 Å². The van der Waals surface area contributed by atoms with Crippen molar-refractivity contribution < 1.29 is 54.9 Å². The molecule has 0 spiro atoms. The first-order chi connectivity index (χ1) is 21.9. The summed E-state index contributed by atoms with van der Waals surface area (Å²) in [5, 5.41) is 0. The normalized spacial score (nSPS) is 25.7. The van der Waals surface area contributed by atoms with Gasteiger partial charge in [-0.2, -0.15) is 26.3 Å². The molecule has 0 bridgehead atoms. The molecule has 1 fully saturated rings. The van der Waals surface area contributed by atoms with E-state index in [2.05, 4.69) is 6.58 Å². The molecule has 0 radical (unpaired) electrons. The van der Waals surface area contributed by atoms with Gasteiger partial charge in [-0.25, -0.2) is 9.59 Å². The third-order valence-corrected chi connectivity index (χ3v) is 9.55. The van der Waals surface area contributed by atoms with Gasteiger partial charge in [0, 0.05) is 37.2 Å². The number of hydrogen-bond acceptors (Lipinski definition) is 6. The van der Waals surface area contributed by atoms with Gasteiger partial charge in [-0.15, -0.1) is 0 Å². The Labute approximate surface area is 269 Å². The van der Waals surface area contributed by atoms with Crippen molar-refractivity contribution in [1.82, 2.24) is 0 Å². The molecule has 0 saturated heterocycles. The van der Waals surface area contributed by atoms with Crippen LogP contribution in [-0.2, 0) is 39.7 Å². The van der Waals surface area contributed by atoms with Gasteiger partial charge in [-0.3, -0.25) is 0 Å². The van der Waals surface area contributed by atoms with Crippen molar-refractivity contribution in [2.75, 3.05) is 14.2 Å². The lowest BCUT2D eigenvalue weighted by Gasteiger charge is -2.50. The first kappa shape index (κ1) is 36.2. The molecule has 6 atom stereocenters. The molecule has 47 heavy (non-hydrogen) atoms. The largest absolute Gasteiger partial charge is 0.459 e. The second-order valence-electron chi connectivity index (χ2n) is 12.6. The van der Waals surface area contributed by atoms with Crippen LogP contribution in [0.2, 0.25) is 0 Å². The molecule has 2 aromatic rings. The van der Waals surface area contributed by atoms with Gasteiger partial charge in [0.05, 0.1) is 0 Å². The highest BCUT2D eigenvalue weighted by atomic mass is 19.4. The maximum atomic E-state index is 14.6. The quantitative estimate of drug-likeness (QED) is 0.162. The average Bonchev–Trinajstić information content (AvgIpc) is 3.10. The molecule has 2 aliphatic carbocycles. The highest BCUT2D eigenvalue weighted by molar-refractivity contribution is 5.83. The maximum Gasteiger partial charge on any atom is 0.432 e. The van der Waals surface area contributed by atoms with Crippen LogP contribution < -0.4 is 0 Å². The van der Waals surface area contributed by atoms with E-state index in [1.807, 2.05) is 0 Å². The standard InChI is InChI=1S/C35H38F6O6/c1-21-19-25(46-29(42)32(44-5,34(36,37)38)23-13-9-7-10-14-23)20-22(2)28-26(21)17-18-27(31(28,3)4)47-30(43)33(45-6,35(39,40)41)24-15-11-8-12-16-24/h7-16,20,25-28H,1,17-19H2,2-6H3/t25-,26+,27-,28+,32-,33-/m1/s1. The fourth-order valence-corrected chi connectivity index (χ4v) is 7.29. The van der Waals surface area contributed by atoms with Crippen LogP contribution in [0.25, 0.3) is 0 Å². The summed E-state index contributed by atoms with van der Waals surface area (Å²) in [6, 6.07) is 12.9. The summed E-state index contributed by atoms with van der Waals surface area (Å²) >= 11 is 0. The van der Waals surface area contributed by atoms with Gasteiger partial charge in [-0.1, -0.05) is 92.2 Å². The Morgan fingerprint density at radius 2 is 1.21 bits per heavy atom. The number of fused-ring (bicyclic) bond motifs is 1. The molecule has 0 aromatic heterocycles. The number of hydrogen-bond donors (Lipinski definition) is 0. The zero-order valence-corrected chi connectivity index (χ0v) is 26.7. The fraction of sp³-hybridized carbons (Fsp3) is 0.486. The fourth-order valence-electron chi connectivity index (χ4n) is 7.29. The monoisotopic (exact) mass is 668 g/mol. The minimum Gasteiger partial charge on any atom is -0.459 e. The molecule has 256 valence electrons. The zero-order chi connectivity index (χ0) is 35.0. The third kappa shape index (κ3) is 6.22. The summed E-state index contributed by atoms with van der Waals surface area (Å²) < 4.78 is 108. The summed E-state index contributed by atoms with van der Waals surface area (Å²) in [6.45, 7) is 9.36. The Bertz CT molecular complexity index is 1490. The van der Waals surface area contributed by atoms with E-state index in [1.54, 1.807) is 20.8 Å². The van der Waals surface area contributed by atoms with Crippen LogP contribution in [0.4, 0.5) is 26.3 Å². The molecule has 0 unspecified atom stereocenters. The Morgan fingerprint density at radius 1 is 0.766 bits per heavy atom. The van der Waals surface area contributed by atoms with Crippen LogP contribution in [0.15, 0.2) is 84.5 Å². The number of esters is 2. The average molecular weight is 669 g/mol. The topological polar surface area (TPSA) is 71.1 Å². The number of carbonyl (C=O) groups excluding carboxylic acids is 2. The molecule has 4 rings (SSSR count). The molecule has 6 nitrogen and oxygen atoms in total. The molecule has 1 saturated carbocycles. The number of benzene rings is 2. The van der Waals surface area contributed by atoms with Gasteiger partial charge in [0.25, 0.3) is 11.2 Å². The van der Waals surface area contributed by atoms with Crippen LogP contribution in [0.3, 0.4) is 0 Å². The Hall–Kier alpha value is -3.64. The number of allylic oxidation sites excluding steroid dienone is 1. The molecule has 2 aromatic carbocycles. The molecule has 12 heteroatoms. The summed E-state index contributed by atoms with van der Waals surface area (Å²) in [5.74, 6) is -4.01. The minimum absolute atomic E-state index is 0.00604. The number of methoxy groups -OCH3 is 2. The van der Waals surface area contributed by atoms with E-state index >= 15 is 0 Å². The number of rotatable bonds is 8. The first-order valence-corrected chi connectivity index (χ1v) is 15.0. The molecular weight excluding hydrogens is 630 g/mol. The SMILES string of the molecule is C=C1C[C@@H](OC(=O)[C@](OC)(c2ccccc2)C(F)(F)F)C=C(C)[C@H]2[C@H]1CC[C@@H](OC(=O)[C@](OC)(c1ccccc1)C(F)(F)F)C2(C)C. The number of ether oxygens (including phenoxy) is 4. The lowest BCUT2D eigenvalue weighted by Crippen LogP contribution is -2.55. The second-order valence-corrected chi connectivity index (χ2v) is 12.6. The van der Waals surface area contributed by atoms with E-state index < -0.39 is 70.2 Å². The highest BCUT2D eigenvalue weighted by Crippen LogP contribution is 2.54. The van der Waals surface area contributed by atoms with Crippen LogP contribution in [0.5, 0.6) is 0 Å². The maximum absolute atomic E-state index is 14.6. The highest BCUT2D eigenvalue weighted by Gasteiger charge is 2.66. The molecule has 2 aliphatic rings. The lowest BCUT2D eigenvalue weighted by atomic mass is 9.58. The van der Waals surface area contributed by atoms with Crippen molar-refractivity contribution in [3.8, 4) is 0 Å². The van der Waals surface area contributed by atoms with E-state index in [0.29, 0.717) is 17.6 Å². The Morgan fingerprint density at radius 3 is 1.64 bits per heavy atom. The summed E-state index contributed by atoms with van der Waals surface area (Å²) in [6.07, 6.45) is -10.4. The number of alkyl halides is 6. The van der Waals surface area contributed by atoms with Gasteiger partial charge in [0.2, 0.25) is 0 Å². The number of carbonyl (C=O) groups is 2. The van der Waals surface area contributed by atoms with Crippen molar-refractivity contribution in [3.05, 3.63) is 95.6 Å². The molecule has 0 amide bonds. The number of halogens is 6. The van der Waals surface area contributed by atoms with E-state index in [-0.39, 0.29) is 18.8 Å². The lowest BCUT2D eigenvalue weighted by molar-refractivity contribution is -0.281. The van der Waals surface area contributed by atoms with Crippen molar-refractivity contribution in [2.45, 2.75) is 75.8 Å². The van der Waals surface area contributed by atoms with Crippen molar-refractivity contribution in [3.63, 3.8) is 0 Å². The summed E-state index contributed by atoms with van der Waals surface area (Å²) in [5.41, 5.74) is -7.44. The van der Waals surface area contributed by atoms with E-state index in [4.69, 9.17) is 18.9 Å². The Kier molecular flexibility index (Phi) is 10.1. The third-order valence-electron chi connectivity index (χ3n) is 9.55. The van der Waals surface area contributed by atoms with Gasteiger partial charge < -0.3 is 18.9 Å². The van der Waals surface area contributed by atoms with Crippen LogP contribution in [-0.4, -0.2) is 50.7 Å². The predicted octanol–water partition coefficient (Wildman–Crippen LogP) is 7.98. The Balaban J connectivity index is 1.65. The zero-order valence-electron chi connectivity index (χ0n) is 26.7. The van der Waals surface area contributed by atoms with Crippen molar-refractivity contribution >= 4 is 11.9 Å². The van der Waals surface area contributed by atoms with E-state index in [9.17, 15) is 35.9 Å². The van der Waals surface area contributed by atoms with Gasteiger partial charge in [-0.05, 0) is 37.7 Å². The van der Waals surface area contributed by atoms with Crippen LogP contribution >= 0.6 is 0 Å². The van der Waals surface area contributed by atoms with Crippen LogP contribution in [0, 0.1) is 17.3 Å². The van der Waals surface area contributed by atoms with Gasteiger partial charge in [0.1, 0.15) is 12.2 Å². The molecule has 0 aliphatic heterocycles. The van der Waals surface area contributed by atoms with Gasteiger partial charge in [0.15, 0.2) is 0 Å². The van der Waals surface area contributed by atoms with Crippen molar-refractivity contribution in [1.29, 1.82) is 0 Å². The van der Waals surface area contributed by atoms with Crippen molar-refractivity contribution in [2.24, 2.45) is 17.3 Å². The second kappa shape index (κ2) is 13.1. The molecular formula is C35H38F6O6.